The number of hydrogen-bond donors (Lipinski definition) is 0. The molecule has 0 N–H and O–H groups in total. The van der Waals surface area contributed by atoms with Crippen LogP contribution in [0.4, 0.5) is 0 Å². The van der Waals surface area contributed by atoms with Gasteiger partial charge in [-0.05, 0) is 31.7 Å². The second-order valence-corrected chi connectivity index (χ2v) is 6.81. The number of ether oxygens (including phenoxy) is 1. The molecule has 24 heavy (non-hydrogen) atoms. The van der Waals surface area contributed by atoms with Crippen LogP contribution in [0.3, 0.4) is 0 Å². The molecule has 2 aromatic heterocycles. The Morgan fingerprint density at radius 3 is 2.83 bits per heavy atom. The van der Waals surface area contributed by atoms with E-state index in [1.807, 2.05) is 24.1 Å². The van der Waals surface area contributed by atoms with E-state index in [1.54, 1.807) is 7.11 Å². The molecule has 0 spiro atoms. The molecular weight excluding hydrogens is 302 g/mol. The molecule has 0 saturated carbocycles. The Hall–Kier alpha value is -1.82. The Labute approximate surface area is 144 Å². The van der Waals surface area contributed by atoms with Crippen LogP contribution in [0.2, 0.25) is 0 Å². The van der Waals surface area contributed by atoms with Gasteiger partial charge in [0.25, 0.3) is 0 Å². The summed E-state index contributed by atoms with van der Waals surface area (Å²) in [6.07, 6.45) is 8.46. The normalized spacial score (nSPS) is 18.9. The molecule has 3 heterocycles. The zero-order valence-corrected chi connectivity index (χ0v) is 15.3. The standard InChI is InChI=1S/C18H29N5O/c1-5-16-15(18(24-4)22(3)20-16)13-23-9-6-7-14(12-23)11-17-19-8-10-21(17)2/h8,10,14H,5-7,9,11-13H2,1-4H3/t14-/m0/s1. The molecule has 6 heteroatoms. The van der Waals surface area contributed by atoms with Crippen LogP contribution in [0.5, 0.6) is 5.88 Å². The summed E-state index contributed by atoms with van der Waals surface area (Å²) in [4.78, 5) is 7.04. The number of methoxy groups -OCH3 is 1. The summed E-state index contributed by atoms with van der Waals surface area (Å²) >= 11 is 0. The van der Waals surface area contributed by atoms with Gasteiger partial charge < -0.3 is 9.30 Å². The quantitative estimate of drug-likeness (QED) is 0.814. The molecular formula is C18H29N5O. The molecule has 0 unspecified atom stereocenters. The van der Waals surface area contributed by atoms with E-state index in [0.29, 0.717) is 5.92 Å². The molecule has 1 aliphatic rings. The first-order valence-electron chi connectivity index (χ1n) is 8.89. The van der Waals surface area contributed by atoms with E-state index in [4.69, 9.17) is 4.74 Å². The number of aromatic nitrogens is 4. The lowest BCUT2D eigenvalue weighted by molar-refractivity contribution is 0.163. The van der Waals surface area contributed by atoms with Crippen molar-refractivity contribution in [3.63, 3.8) is 0 Å². The van der Waals surface area contributed by atoms with Gasteiger partial charge in [-0.1, -0.05) is 6.92 Å². The van der Waals surface area contributed by atoms with Gasteiger partial charge in [-0.2, -0.15) is 5.10 Å². The third-order valence-corrected chi connectivity index (χ3v) is 5.08. The van der Waals surface area contributed by atoms with Gasteiger partial charge in [0.05, 0.1) is 18.4 Å². The lowest BCUT2D eigenvalue weighted by atomic mass is 9.94. The minimum Gasteiger partial charge on any atom is -0.481 e. The molecule has 0 aromatic carbocycles. The maximum Gasteiger partial charge on any atom is 0.216 e. The first-order valence-corrected chi connectivity index (χ1v) is 8.89. The maximum absolute atomic E-state index is 5.59. The van der Waals surface area contributed by atoms with Crippen LogP contribution in [0.1, 0.15) is 36.8 Å². The minimum absolute atomic E-state index is 0.674. The summed E-state index contributed by atoms with van der Waals surface area (Å²) < 4.78 is 9.59. The van der Waals surface area contributed by atoms with Crippen LogP contribution in [0.25, 0.3) is 0 Å². The molecule has 1 atom stereocenters. The highest BCUT2D eigenvalue weighted by Crippen LogP contribution is 2.27. The zero-order chi connectivity index (χ0) is 17.1. The maximum atomic E-state index is 5.59. The SMILES string of the molecule is CCc1nn(C)c(OC)c1CN1CCC[C@@H](Cc2nccn2C)C1. The number of rotatable bonds is 6. The summed E-state index contributed by atoms with van der Waals surface area (Å²) in [5.74, 6) is 2.76. The lowest BCUT2D eigenvalue weighted by Gasteiger charge is -2.32. The number of aryl methyl sites for hydroxylation is 3. The zero-order valence-electron chi connectivity index (χ0n) is 15.3. The molecule has 0 aliphatic carbocycles. The Balaban J connectivity index is 1.68. The number of hydrogen-bond acceptors (Lipinski definition) is 4. The van der Waals surface area contributed by atoms with E-state index in [2.05, 4.69) is 33.5 Å². The highest BCUT2D eigenvalue weighted by atomic mass is 16.5. The smallest absolute Gasteiger partial charge is 0.216 e. The molecule has 2 aromatic rings. The second-order valence-electron chi connectivity index (χ2n) is 6.81. The number of piperidine rings is 1. The molecule has 1 fully saturated rings. The van der Waals surface area contributed by atoms with Crippen molar-refractivity contribution in [2.45, 2.75) is 39.2 Å². The van der Waals surface area contributed by atoms with Crippen molar-refractivity contribution in [2.75, 3.05) is 20.2 Å². The van der Waals surface area contributed by atoms with Gasteiger partial charge in [0, 0.05) is 46.0 Å². The summed E-state index contributed by atoms with van der Waals surface area (Å²) in [7, 11) is 5.78. The van der Waals surface area contributed by atoms with E-state index < -0.39 is 0 Å². The largest absolute Gasteiger partial charge is 0.481 e. The van der Waals surface area contributed by atoms with Crippen LogP contribution >= 0.6 is 0 Å². The lowest BCUT2D eigenvalue weighted by Crippen LogP contribution is -2.36. The van der Waals surface area contributed by atoms with Crippen molar-refractivity contribution in [3.8, 4) is 5.88 Å². The third kappa shape index (κ3) is 3.48. The fraction of sp³-hybridized carbons (Fsp3) is 0.667. The Bertz CT molecular complexity index is 675. The fourth-order valence-electron chi connectivity index (χ4n) is 3.84. The van der Waals surface area contributed by atoms with Gasteiger partial charge in [0.1, 0.15) is 5.82 Å². The molecule has 132 valence electrons. The number of nitrogens with zero attached hydrogens (tertiary/aromatic N) is 5. The van der Waals surface area contributed by atoms with E-state index >= 15 is 0 Å². The Morgan fingerprint density at radius 2 is 2.17 bits per heavy atom. The molecule has 0 radical (unpaired) electrons. The molecule has 6 nitrogen and oxygen atoms in total. The fourth-order valence-corrected chi connectivity index (χ4v) is 3.84. The molecule has 0 bridgehead atoms. The third-order valence-electron chi connectivity index (χ3n) is 5.08. The molecule has 3 rings (SSSR count). The average Bonchev–Trinajstić information content (AvgIpc) is 3.11. The number of likely N-dealkylation sites (tertiary alicyclic amines) is 1. The molecule has 1 saturated heterocycles. The summed E-state index contributed by atoms with van der Waals surface area (Å²) in [5, 5.41) is 4.61. The monoisotopic (exact) mass is 331 g/mol. The second kappa shape index (κ2) is 7.38. The van der Waals surface area contributed by atoms with Gasteiger partial charge in [-0.25, -0.2) is 9.67 Å². The van der Waals surface area contributed by atoms with Crippen LogP contribution in [-0.4, -0.2) is 44.4 Å². The van der Waals surface area contributed by atoms with E-state index in [0.717, 1.165) is 44.0 Å². The van der Waals surface area contributed by atoms with Crippen LogP contribution < -0.4 is 4.74 Å². The minimum atomic E-state index is 0.674. The molecule has 0 amide bonds. The van der Waals surface area contributed by atoms with Gasteiger partial charge in [-0.3, -0.25) is 4.90 Å². The first-order chi connectivity index (χ1) is 11.6. The van der Waals surface area contributed by atoms with E-state index in [1.165, 1.54) is 24.2 Å². The highest BCUT2D eigenvalue weighted by Gasteiger charge is 2.24. The van der Waals surface area contributed by atoms with Crippen molar-refractivity contribution in [3.05, 3.63) is 29.5 Å². The van der Waals surface area contributed by atoms with Crippen LogP contribution in [0.15, 0.2) is 12.4 Å². The topological polar surface area (TPSA) is 48.1 Å². The van der Waals surface area contributed by atoms with Gasteiger partial charge in [0.15, 0.2) is 0 Å². The summed E-state index contributed by atoms with van der Waals surface area (Å²) in [6, 6.07) is 0. The van der Waals surface area contributed by atoms with Crippen molar-refractivity contribution < 1.29 is 4.74 Å². The van der Waals surface area contributed by atoms with E-state index in [9.17, 15) is 0 Å². The predicted octanol–water partition coefficient (Wildman–Crippen LogP) is 2.18. The van der Waals surface area contributed by atoms with Gasteiger partial charge in [0.2, 0.25) is 5.88 Å². The van der Waals surface area contributed by atoms with Crippen molar-refractivity contribution in [1.82, 2.24) is 24.2 Å². The summed E-state index contributed by atoms with van der Waals surface area (Å²) in [5.41, 5.74) is 2.40. The predicted molar refractivity (Wildman–Crippen MR) is 94.1 cm³/mol. The van der Waals surface area contributed by atoms with Crippen molar-refractivity contribution >= 4 is 0 Å². The average molecular weight is 331 g/mol. The van der Waals surface area contributed by atoms with Crippen LogP contribution in [-0.2, 0) is 33.5 Å². The molecule has 1 aliphatic heterocycles. The Kier molecular flexibility index (Phi) is 5.23. The van der Waals surface area contributed by atoms with Crippen molar-refractivity contribution in [2.24, 2.45) is 20.0 Å². The first kappa shape index (κ1) is 17.0. The van der Waals surface area contributed by atoms with E-state index in [-0.39, 0.29) is 0 Å². The summed E-state index contributed by atoms with van der Waals surface area (Å²) in [6.45, 7) is 5.36. The van der Waals surface area contributed by atoms with Gasteiger partial charge in [-0.15, -0.1) is 0 Å². The number of imidazole rings is 1. The van der Waals surface area contributed by atoms with Gasteiger partial charge >= 0.3 is 0 Å². The highest BCUT2D eigenvalue weighted by molar-refractivity contribution is 5.31. The van der Waals surface area contributed by atoms with Crippen LogP contribution in [0, 0.1) is 5.92 Å². The Morgan fingerprint density at radius 1 is 1.33 bits per heavy atom. The van der Waals surface area contributed by atoms with Crippen molar-refractivity contribution in [1.29, 1.82) is 0 Å².